The summed E-state index contributed by atoms with van der Waals surface area (Å²) in [6, 6.07) is 1.83. The molecular formula is C13H12N2O3S. The lowest BCUT2D eigenvalue weighted by Gasteiger charge is -2.05. The SMILES string of the molecule is Cc1cnc(=O)n(Cc2sccc2C=CC(=O)O)c1. The van der Waals surface area contributed by atoms with Crippen LogP contribution in [0.15, 0.2) is 34.7 Å². The summed E-state index contributed by atoms with van der Waals surface area (Å²) in [5.74, 6) is -0.994. The second-order valence-electron chi connectivity index (χ2n) is 4.01. The van der Waals surface area contributed by atoms with Crippen molar-refractivity contribution in [1.29, 1.82) is 0 Å². The average Bonchev–Trinajstić information content (AvgIpc) is 2.79. The van der Waals surface area contributed by atoms with E-state index in [1.807, 2.05) is 18.4 Å². The number of aryl methyl sites for hydroxylation is 1. The van der Waals surface area contributed by atoms with E-state index >= 15 is 0 Å². The minimum absolute atomic E-state index is 0.313. The van der Waals surface area contributed by atoms with Gasteiger partial charge in [-0.05, 0) is 35.6 Å². The van der Waals surface area contributed by atoms with Crippen LogP contribution in [-0.2, 0) is 11.3 Å². The Morgan fingerprint density at radius 1 is 1.58 bits per heavy atom. The Hall–Kier alpha value is -2.21. The number of hydrogen-bond donors (Lipinski definition) is 1. The molecule has 0 aliphatic carbocycles. The van der Waals surface area contributed by atoms with Crippen molar-refractivity contribution in [2.24, 2.45) is 0 Å². The normalized spacial score (nSPS) is 11.0. The summed E-state index contributed by atoms with van der Waals surface area (Å²) < 4.78 is 1.51. The maximum absolute atomic E-state index is 11.6. The number of hydrogen-bond acceptors (Lipinski definition) is 4. The third-order valence-corrected chi connectivity index (χ3v) is 3.40. The molecule has 0 bridgehead atoms. The molecule has 0 saturated heterocycles. The first-order chi connectivity index (χ1) is 9.06. The van der Waals surface area contributed by atoms with Crippen LogP contribution in [0.1, 0.15) is 16.0 Å². The van der Waals surface area contributed by atoms with Gasteiger partial charge in [0.05, 0.1) is 6.54 Å². The first-order valence-electron chi connectivity index (χ1n) is 5.57. The van der Waals surface area contributed by atoms with Gasteiger partial charge in [0.2, 0.25) is 0 Å². The molecule has 0 fully saturated rings. The smallest absolute Gasteiger partial charge is 0.347 e. The highest BCUT2D eigenvalue weighted by Crippen LogP contribution is 2.19. The summed E-state index contributed by atoms with van der Waals surface area (Å²) in [6.07, 6.45) is 5.88. The van der Waals surface area contributed by atoms with Gasteiger partial charge in [0, 0.05) is 23.3 Å². The molecule has 0 spiro atoms. The van der Waals surface area contributed by atoms with Gasteiger partial charge in [-0.2, -0.15) is 0 Å². The summed E-state index contributed by atoms with van der Waals surface area (Å²) in [7, 11) is 0. The summed E-state index contributed by atoms with van der Waals surface area (Å²) in [6.45, 7) is 2.26. The van der Waals surface area contributed by atoms with Crippen LogP contribution >= 0.6 is 11.3 Å². The molecule has 0 saturated carbocycles. The molecule has 0 aliphatic rings. The van der Waals surface area contributed by atoms with Gasteiger partial charge in [-0.3, -0.25) is 4.57 Å². The fraction of sp³-hybridized carbons (Fsp3) is 0.154. The summed E-state index contributed by atoms with van der Waals surface area (Å²) in [4.78, 5) is 26.8. The molecular weight excluding hydrogens is 264 g/mol. The Balaban J connectivity index is 2.29. The van der Waals surface area contributed by atoms with Gasteiger partial charge in [0.15, 0.2) is 0 Å². The van der Waals surface area contributed by atoms with E-state index in [9.17, 15) is 9.59 Å². The first kappa shape index (κ1) is 13.2. The zero-order chi connectivity index (χ0) is 13.8. The lowest BCUT2D eigenvalue weighted by atomic mass is 10.2. The number of aromatic nitrogens is 2. The van der Waals surface area contributed by atoms with E-state index in [0.717, 1.165) is 22.1 Å². The van der Waals surface area contributed by atoms with E-state index in [2.05, 4.69) is 4.98 Å². The van der Waals surface area contributed by atoms with Gasteiger partial charge < -0.3 is 5.11 Å². The number of rotatable bonds is 4. The Kier molecular flexibility index (Phi) is 3.91. The Morgan fingerprint density at radius 3 is 3.11 bits per heavy atom. The molecule has 0 radical (unpaired) electrons. The van der Waals surface area contributed by atoms with Crippen LogP contribution in [0.2, 0.25) is 0 Å². The van der Waals surface area contributed by atoms with Crippen molar-refractivity contribution < 1.29 is 9.90 Å². The quantitative estimate of drug-likeness (QED) is 0.864. The lowest BCUT2D eigenvalue weighted by molar-refractivity contribution is -0.131. The van der Waals surface area contributed by atoms with E-state index < -0.39 is 5.97 Å². The number of carboxylic acids is 1. The molecule has 0 unspecified atom stereocenters. The van der Waals surface area contributed by atoms with Gasteiger partial charge >= 0.3 is 11.7 Å². The lowest BCUT2D eigenvalue weighted by Crippen LogP contribution is -2.22. The maximum atomic E-state index is 11.6. The second-order valence-corrected chi connectivity index (χ2v) is 5.01. The Labute approximate surface area is 113 Å². The van der Waals surface area contributed by atoms with Crippen molar-refractivity contribution in [3.8, 4) is 0 Å². The minimum atomic E-state index is -0.994. The summed E-state index contributed by atoms with van der Waals surface area (Å²) >= 11 is 1.48. The van der Waals surface area contributed by atoms with Crippen molar-refractivity contribution in [3.05, 3.63) is 56.4 Å². The van der Waals surface area contributed by atoms with E-state index in [0.29, 0.717) is 6.54 Å². The highest BCUT2D eigenvalue weighted by Gasteiger charge is 2.05. The standard InChI is InChI=1S/C13H12N2O3S/c1-9-6-14-13(18)15(7-9)8-11-10(4-5-19-11)2-3-12(16)17/h2-7H,8H2,1H3,(H,16,17). The molecule has 0 aromatic carbocycles. The maximum Gasteiger partial charge on any atom is 0.347 e. The van der Waals surface area contributed by atoms with Crippen LogP contribution in [0.4, 0.5) is 0 Å². The summed E-state index contributed by atoms with van der Waals surface area (Å²) in [5, 5.41) is 10.5. The number of nitrogens with zero attached hydrogens (tertiary/aromatic N) is 2. The van der Waals surface area contributed by atoms with Crippen molar-refractivity contribution >= 4 is 23.4 Å². The van der Waals surface area contributed by atoms with Crippen LogP contribution in [0, 0.1) is 6.92 Å². The molecule has 0 atom stereocenters. The van der Waals surface area contributed by atoms with Gasteiger partial charge in [-0.25, -0.2) is 14.6 Å². The number of carbonyl (C=O) groups is 1. The van der Waals surface area contributed by atoms with Crippen LogP contribution in [0.25, 0.3) is 6.08 Å². The fourth-order valence-electron chi connectivity index (χ4n) is 1.62. The number of aliphatic carboxylic acids is 1. The largest absolute Gasteiger partial charge is 0.478 e. The highest BCUT2D eigenvalue weighted by atomic mass is 32.1. The van der Waals surface area contributed by atoms with Crippen LogP contribution in [0.3, 0.4) is 0 Å². The van der Waals surface area contributed by atoms with Gasteiger partial charge in [-0.1, -0.05) is 0 Å². The van der Waals surface area contributed by atoms with E-state index in [4.69, 9.17) is 5.11 Å². The van der Waals surface area contributed by atoms with E-state index in [1.54, 1.807) is 6.20 Å². The minimum Gasteiger partial charge on any atom is -0.478 e. The monoisotopic (exact) mass is 276 g/mol. The zero-order valence-electron chi connectivity index (χ0n) is 10.2. The molecule has 0 aliphatic heterocycles. The Bertz CT molecular complexity index is 685. The van der Waals surface area contributed by atoms with Crippen molar-refractivity contribution in [2.75, 3.05) is 0 Å². The van der Waals surface area contributed by atoms with Gasteiger partial charge in [-0.15, -0.1) is 11.3 Å². The first-order valence-corrected chi connectivity index (χ1v) is 6.44. The van der Waals surface area contributed by atoms with Crippen LogP contribution in [0.5, 0.6) is 0 Å². The number of thiophene rings is 1. The van der Waals surface area contributed by atoms with Gasteiger partial charge in [0.25, 0.3) is 0 Å². The molecule has 2 aromatic heterocycles. The molecule has 2 rings (SSSR count). The molecule has 6 heteroatoms. The second kappa shape index (κ2) is 5.62. The van der Waals surface area contributed by atoms with E-state index in [1.165, 1.54) is 28.2 Å². The predicted octanol–water partition coefficient (Wildman–Crippen LogP) is 1.76. The average molecular weight is 276 g/mol. The molecule has 1 N–H and O–H groups in total. The van der Waals surface area contributed by atoms with Crippen molar-refractivity contribution in [3.63, 3.8) is 0 Å². The van der Waals surface area contributed by atoms with Crippen LogP contribution in [-0.4, -0.2) is 20.6 Å². The summed E-state index contributed by atoms with van der Waals surface area (Å²) in [5.41, 5.74) is 1.40. The Morgan fingerprint density at radius 2 is 2.37 bits per heavy atom. The van der Waals surface area contributed by atoms with Crippen molar-refractivity contribution in [1.82, 2.24) is 9.55 Å². The molecule has 98 valence electrons. The van der Waals surface area contributed by atoms with Crippen LogP contribution < -0.4 is 5.69 Å². The third kappa shape index (κ3) is 3.38. The van der Waals surface area contributed by atoms with E-state index in [-0.39, 0.29) is 5.69 Å². The number of carboxylic acid groups (broad SMARTS) is 1. The topological polar surface area (TPSA) is 72.2 Å². The van der Waals surface area contributed by atoms with Crippen molar-refractivity contribution in [2.45, 2.75) is 13.5 Å². The molecule has 2 aromatic rings. The fourth-order valence-corrected chi connectivity index (χ4v) is 2.49. The molecule has 0 amide bonds. The molecule has 2 heterocycles. The third-order valence-electron chi connectivity index (χ3n) is 2.48. The van der Waals surface area contributed by atoms with Gasteiger partial charge in [0.1, 0.15) is 0 Å². The highest BCUT2D eigenvalue weighted by molar-refractivity contribution is 7.10. The molecule has 19 heavy (non-hydrogen) atoms. The predicted molar refractivity (Wildman–Crippen MR) is 73.3 cm³/mol. The zero-order valence-corrected chi connectivity index (χ0v) is 11.1. The molecule has 5 nitrogen and oxygen atoms in total.